The number of carbonyl (C=O) groups is 1. The lowest BCUT2D eigenvalue weighted by molar-refractivity contribution is -0.438. The van der Waals surface area contributed by atoms with Crippen molar-refractivity contribution in [2.75, 3.05) is 29.5 Å². The molecule has 5 aliphatic rings. The first kappa shape index (κ1) is 50.2. The number of benzene rings is 3. The van der Waals surface area contributed by atoms with Crippen molar-refractivity contribution >= 4 is 53.2 Å². The quantitative estimate of drug-likeness (QED) is 0.0530. The van der Waals surface area contributed by atoms with Gasteiger partial charge in [-0.2, -0.15) is 29.8 Å². The molecule has 0 saturated carbocycles. The normalized spacial score (nSPS) is 20.8. The molecule has 3 aromatic carbocycles. The topological polar surface area (TPSA) is 205 Å². The number of carbonyl (C=O) groups excluding carboxylic acids is 1. The van der Waals surface area contributed by atoms with E-state index in [1.807, 2.05) is 37.8 Å². The van der Waals surface area contributed by atoms with E-state index in [4.69, 9.17) is 9.47 Å². The molecule has 1 unspecified atom stereocenters. The van der Waals surface area contributed by atoms with Crippen molar-refractivity contribution in [1.82, 2.24) is 0 Å². The van der Waals surface area contributed by atoms with Crippen LogP contribution in [0, 0.1) is 12.8 Å². The number of fused-ring (bicyclic) bond motifs is 3. The zero-order valence-electron chi connectivity index (χ0n) is 39.9. The van der Waals surface area contributed by atoms with Gasteiger partial charge in [0.2, 0.25) is 5.69 Å². The van der Waals surface area contributed by atoms with Crippen LogP contribution in [0.3, 0.4) is 0 Å². The Balaban J connectivity index is 1.25. The summed E-state index contributed by atoms with van der Waals surface area (Å²) in [6, 6.07) is 16.1. The van der Waals surface area contributed by atoms with Gasteiger partial charge in [0.1, 0.15) is 18.1 Å². The van der Waals surface area contributed by atoms with Crippen LogP contribution in [-0.4, -0.2) is 79.6 Å². The molecule has 3 heterocycles. The van der Waals surface area contributed by atoms with Crippen molar-refractivity contribution in [3.8, 4) is 11.5 Å². The maximum atomic E-state index is 13.1. The number of hydrogen-bond donors (Lipinski definition) is 3. The summed E-state index contributed by atoms with van der Waals surface area (Å²) in [6.45, 7) is 13.1. The first-order valence-electron chi connectivity index (χ1n) is 23.5. The lowest BCUT2D eigenvalue weighted by Crippen LogP contribution is -2.28. The Hall–Kier alpha value is -5.17. The maximum Gasteiger partial charge on any atom is 0.294 e. The van der Waals surface area contributed by atoms with Crippen LogP contribution >= 0.6 is 0 Å². The third-order valence-corrected chi connectivity index (χ3v) is 16.6. The molecule has 0 radical (unpaired) electrons. The molecular weight excluding hydrogens is 941 g/mol. The van der Waals surface area contributed by atoms with E-state index in [9.17, 15) is 43.7 Å². The standard InChI is InChI=1S/C52H60N2O12S3/c1-7-43(55)37-17-23-44-45(31-37)66-50-36(19-25-47-52(5,6)40-32-38(69(62,63)64)20-22-42(40)54(47)27-9-11-29-68(59,60)61)16-14-34-13-15-35(49(65-44)48(34)50)18-24-46-51(3,4)39-30-33(2)12-21-41(39)53(46)26-8-10-28-67(56,57)58/h12,17-25,30-32,34H,7-11,13-16,26-29H2,1-6H3,(H2-,56,57,58,59,60,61,62,63,64)/p+1. The Labute approximate surface area is 406 Å². The molecular formula is C52H61N2O12S3+. The van der Waals surface area contributed by atoms with Crippen LogP contribution in [0.4, 0.5) is 11.4 Å². The van der Waals surface area contributed by atoms with Gasteiger partial charge in [-0.1, -0.05) is 38.5 Å². The number of hydrogen-bond acceptors (Lipinski definition) is 10. The number of ketones is 1. The minimum absolute atomic E-state index is 0.0441. The highest BCUT2D eigenvalue weighted by atomic mass is 32.2. The predicted molar refractivity (Wildman–Crippen MR) is 266 cm³/mol. The number of ether oxygens (including phenoxy) is 2. The number of unbranched alkanes of at least 4 members (excludes halogenated alkanes) is 2. The highest BCUT2D eigenvalue weighted by Gasteiger charge is 2.45. The number of anilines is 1. The number of rotatable bonds is 16. The van der Waals surface area contributed by atoms with Gasteiger partial charge < -0.3 is 14.4 Å². The molecule has 3 aliphatic heterocycles. The van der Waals surface area contributed by atoms with E-state index in [1.165, 1.54) is 12.1 Å². The van der Waals surface area contributed by atoms with Crippen molar-refractivity contribution < 1.29 is 57.8 Å². The fourth-order valence-electron chi connectivity index (χ4n) is 10.5. The minimum Gasteiger partial charge on any atom is -0.453 e. The second-order valence-corrected chi connectivity index (χ2v) is 24.3. The highest BCUT2D eigenvalue weighted by molar-refractivity contribution is 7.86. The van der Waals surface area contributed by atoms with Gasteiger partial charge in [-0.15, -0.1) is 0 Å². The summed E-state index contributed by atoms with van der Waals surface area (Å²) < 4.78 is 116. The Morgan fingerprint density at radius 2 is 1.46 bits per heavy atom. The van der Waals surface area contributed by atoms with Crippen LogP contribution < -0.4 is 14.4 Å². The van der Waals surface area contributed by atoms with Crippen LogP contribution in [0.25, 0.3) is 0 Å². The van der Waals surface area contributed by atoms with Crippen LogP contribution in [-0.2, 0) is 41.2 Å². The number of aryl methyl sites for hydroxylation is 1. The summed E-state index contributed by atoms with van der Waals surface area (Å²) in [5, 5.41) is 0. The Morgan fingerprint density at radius 1 is 0.768 bits per heavy atom. The Morgan fingerprint density at radius 3 is 2.16 bits per heavy atom. The second-order valence-electron chi connectivity index (χ2n) is 19.7. The summed E-state index contributed by atoms with van der Waals surface area (Å²) in [5.41, 5.74) is 8.63. The van der Waals surface area contributed by atoms with Gasteiger partial charge in [-0.25, -0.2) is 0 Å². The third-order valence-electron chi connectivity index (χ3n) is 14.2. The highest BCUT2D eigenvalue weighted by Crippen LogP contribution is 2.52. The molecule has 0 amide bonds. The molecule has 2 aliphatic carbocycles. The van der Waals surface area contributed by atoms with Crippen molar-refractivity contribution in [3.63, 3.8) is 0 Å². The zero-order valence-corrected chi connectivity index (χ0v) is 42.4. The van der Waals surface area contributed by atoms with Crippen LogP contribution in [0.5, 0.6) is 11.5 Å². The molecule has 14 nitrogen and oxygen atoms in total. The van der Waals surface area contributed by atoms with Crippen molar-refractivity contribution in [1.29, 1.82) is 0 Å². The van der Waals surface area contributed by atoms with Gasteiger partial charge in [0.05, 0.1) is 21.8 Å². The third kappa shape index (κ3) is 10.4. The van der Waals surface area contributed by atoms with Crippen molar-refractivity contribution in [2.24, 2.45) is 5.92 Å². The van der Waals surface area contributed by atoms with Gasteiger partial charge in [-0.05, 0) is 143 Å². The van der Waals surface area contributed by atoms with E-state index in [0.29, 0.717) is 85.0 Å². The minimum atomic E-state index is -4.52. The summed E-state index contributed by atoms with van der Waals surface area (Å²) in [6.07, 6.45) is 13.0. The van der Waals surface area contributed by atoms with Crippen LogP contribution in [0.1, 0.15) is 119 Å². The van der Waals surface area contributed by atoms with Gasteiger partial charge in [-0.3, -0.25) is 18.5 Å². The molecule has 0 fully saturated rings. The molecule has 3 N–H and O–H groups in total. The van der Waals surface area contributed by atoms with Gasteiger partial charge >= 0.3 is 0 Å². The first-order chi connectivity index (χ1) is 32.4. The molecule has 0 saturated heterocycles. The maximum absolute atomic E-state index is 13.1. The molecule has 0 bridgehead atoms. The molecule has 8 rings (SSSR count). The number of allylic oxidation sites excluding steroid dienone is 8. The van der Waals surface area contributed by atoms with E-state index in [-0.39, 0.29) is 28.8 Å². The van der Waals surface area contributed by atoms with E-state index >= 15 is 0 Å². The lowest BCUT2D eigenvalue weighted by Gasteiger charge is -2.33. The molecule has 0 spiro atoms. The second kappa shape index (κ2) is 18.9. The zero-order chi connectivity index (χ0) is 49.8. The Kier molecular flexibility index (Phi) is 13.7. The molecule has 17 heteroatoms. The summed E-state index contributed by atoms with van der Waals surface area (Å²) in [4.78, 5) is 14.8. The van der Waals surface area contributed by atoms with E-state index in [2.05, 4.69) is 55.7 Å². The van der Waals surface area contributed by atoms with E-state index in [1.54, 1.807) is 24.3 Å². The number of Topliss-reactive ketones (excluding diaryl/α,β-unsaturated/α-hetero) is 1. The molecule has 0 aromatic heterocycles. The largest absolute Gasteiger partial charge is 0.453 e. The van der Waals surface area contributed by atoms with Crippen LogP contribution in [0.2, 0.25) is 0 Å². The predicted octanol–water partition coefficient (Wildman–Crippen LogP) is 9.89. The number of nitrogens with zero attached hydrogens (tertiary/aromatic N) is 2. The molecule has 69 heavy (non-hydrogen) atoms. The molecule has 3 aromatic rings. The summed E-state index contributed by atoms with van der Waals surface area (Å²) >= 11 is 0. The van der Waals surface area contributed by atoms with E-state index in [0.717, 1.165) is 64.2 Å². The van der Waals surface area contributed by atoms with Crippen molar-refractivity contribution in [3.05, 3.63) is 135 Å². The average Bonchev–Trinajstić information content (AvgIpc) is 3.50. The first-order valence-corrected chi connectivity index (χ1v) is 28.2. The molecule has 1 atom stereocenters. The van der Waals surface area contributed by atoms with Crippen LogP contribution in [0.15, 0.2) is 118 Å². The monoisotopic (exact) mass is 1000 g/mol. The van der Waals surface area contributed by atoms with Gasteiger partial charge in [0.15, 0.2) is 23.0 Å². The summed E-state index contributed by atoms with van der Waals surface area (Å²) in [5.74, 6) is 1.51. The smallest absolute Gasteiger partial charge is 0.294 e. The Bertz CT molecular complexity index is 3170. The SMILES string of the molecule is CCC(=O)c1ccc2c(c1)OC1=C3C(=C(/C=C/C4=[N+](CCCCS(=O)(=O)O)c5ccc(C)cc5C4(C)C)CCC3CC/C1=C\C=C1\N(CCCCS(=O)(=O)O)c3ccc(S(=O)(=O)O)cc3C1(C)C)O2. The molecule has 368 valence electrons. The average molecular weight is 1000 g/mol. The summed E-state index contributed by atoms with van der Waals surface area (Å²) in [7, 11) is -12.8. The van der Waals surface area contributed by atoms with Gasteiger partial charge in [0, 0.05) is 65.0 Å². The fraction of sp³-hybridized carbons (Fsp3) is 0.423. The lowest BCUT2D eigenvalue weighted by atomic mass is 9.74. The fourth-order valence-corrected chi connectivity index (χ4v) is 12.2. The van der Waals surface area contributed by atoms with E-state index < -0.39 is 46.9 Å². The van der Waals surface area contributed by atoms with Crippen molar-refractivity contribution in [2.45, 2.75) is 115 Å². The van der Waals surface area contributed by atoms with Gasteiger partial charge in [0.25, 0.3) is 30.4 Å².